The van der Waals surface area contributed by atoms with Crippen LogP contribution in [0.15, 0.2) is 59.1 Å². The van der Waals surface area contributed by atoms with Crippen LogP contribution in [-0.2, 0) is 16.0 Å². The molecule has 3 aliphatic rings. The van der Waals surface area contributed by atoms with Gasteiger partial charge in [0.25, 0.3) is 5.91 Å². The predicted octanol–water partition coefficient (Wildman–Crippen LogP) is 2.91. The zero-order chi connectivity index (χ0) is 28.5. The Balaban J connectivity index is 1.71. The molecule has 0 radical (unpaired) electrons. The van der Waals surface area contributed by atoms with Crippen LogP contribution in [0.4, 0.5) is 0 Å². The molecule has 0 aliphatic heterocycles. The Hall–Kier alpha value is -3.95. The molecule has 4 atom stereocenters. The molecule has 0 heterocycles. The van der Waals surface area contributed by atoms with E-state index in [0.29, 0.717) is 5.56 Å². The van der Waals surface area contributed by atoms with Crippen LogP contribution in [0.2, 0.25) is 0 Å². The number of hydrogen-bond acceptors (Lipinski definition) is 8. The van der Waals surface area contributed by atoms with Gasteiger partial charge in [-0.15, -0.1) is 0 Å². The van der Waals surface area contributed by atoms with Crippen LogP contribution in [-0.4, -0.2) is 68.5 Å². The summed E-state index contributed by atoms with van der Waals surface area (Å²) in [6.07, 6.45) is 0.289. The first kappa shape index (κ1) is 26.6. The number of allylic oxidation sites excluding steroid dienone is 1. The summed E-state index contributed by atoms with van der Waals surface area (Å²) in [5.74, 6) is -6.33. The number of hydrogen-bond donors (Lipinski definition) is 5. The fraction of sp³-hybridized carbons (Fsp3) is 0.367. The van der Waals surface area contributed by atoms with E-state index in [4.69, 9.17) is 5.73 Å². The van der Waals surface area contributed by atoms with Crippen molar-refractivity contribution in [3.8, 4) is 16.9 Å². The lowest BCUT2D eigenvalue weighted by molar-refractivity contribution is -0.148. The monoisotopic (exact) mass is 532 g/mol. The van der Waals surface area contributed by atoms with Gasteiger partial charge in [-0.2, -0.15) is 0 Å². The summed E-state index contributed by atoms with van der Waals surface area (Å²) < 4.78 is 0. The Morgan fingerprint density at radius 3 is 2.41 bits per heavy atom. The van der Waals surface area contributed by atoms with E-state index in [9.17, 15) is 34.8 Å². The number of aliphatic hydroxyl groups excluding tert-OH is 2. The van der Waals surface area contributed by atoms with Crippen LogP contribution in [0.25, 0.3) is 11.1 Å². The van der Waals surface area contributed by atoms with E-state index in [2.05, 4.69) is 13.8 Å². The van der Waals surface area contributed by atoms with Crippen LogP contribution >= 0.6 is 0 Å². The minimum atomic E-state index is -2.65. The van der Waals surface area contributed by atoms with E-state index in [0.717, 1.165) is 16.7 Å². The minimum Gasteiger partial charge on any atom is -0.510 e. The number of aromatic hydroxyl groups is 1. The quantitative estimate of drug-likeness (QED) is 0.376. The highest BCUT2D eigenvalue weighted by Gasteiger charge is 2.63. The number of primary amides is 1. The number of Topliss-reactive ketones (excluding diaryl/α,β-unsaturated/α-hetero) is 2. The number of phenolic OH excluding ortho intramolecular Hbond substituents is 1. The summed E-state index contributed by atoms with van der Waals surface area (Å²) in [5.41, 5.74) is 5.10. The molecule has 0 aromatic heterocycles. The second-order valence-electron chi connectivity index (χ2n) is 11.2. The number of aliphatic hydroxyl groups is 3. The number of carbonyl (C=O) groups excluding carboxylic acids is 3. The van der Waals surface area contributed by atoms with Crippen molar-refractivity contribution in [1.82, 2.24) is 4.90 Å². The van der Waals surface area contributed by atoms with Crippen molar-refractivity contribution >= 4 is 17.5 Å². The number of likely N-dealkylation sites (N-methyl/N-ethyl adjacent to an activating group) is 1. The third kappa shape index (κ3) is 3.71. The highest BCUT2D eigenvalue weighted by molar-refractivity contribution is 6.24. The molecule has 2 aromatic carbocycles. The number of amides is 1. The van der Waals surface area contributed by atoms with Crippen LogP contribution < -0.4 is 5.73 Å². The van der Waals surface area contributed by atoms with Crippen molar-refractivity contribution in [3.05, 3.63) is 75.8 Å². The lowest BCUT2D eigenvalue weighted by atomic mass is 9.58. The van der Waals surface area contributed by atoms with E-state index >= 15 is 0 Å². The molecule has 9 nitrogen and oxygen atoms in total. The molecule has 0 spiro atoms. The Labute approximate surface area is 225 Å². The molecule has 3 aliphatic carbocycles. The number of fused-ring (bicyclic) bond motifs is 3. The van der Waals surface area contributed by atoms with E-state index in [1.54, 1.807) is 20.2 Å². The number of benzene rings is 2. The predicted molar refractivity (Wildman–Crippen MR) is 143 cm³/mol. The van der Waals surface area contributed by atoms with Gasteiger partial charge in [0, 0.05) is 11.5 Å². The van der Waals surface area contributed by atoms with Gasteiger partial charge in [0.15, 0.2) is 11.4 Å². The summed E-state index contributed by atoms with van der Waals surface area (Å²) in [4.78, 5) is 40.9. The van der Waals surface area contributed by atoms with E-state index in [1.807, 2.05) is 24.3 Å². The number of phenols is 1. The third-order valence-electron chi connectivity index (χ3n) is 8.47. The number of ketones is 2. The number of nitrogens with two attached hydrogens (primary N) is 1. The molecule has 9 heteroatoms. The summed E-state index contributed by atoms with van der Waals surface area (Å²) in [7, 11) is 3.20. The fourth-order valence-electron chi connectivity index (χ4n) is 6.59. The summed E-state index contributed by atoms with van der Waals surface area (Å²) in [6.45, 7) is 4.16. The molecule has 6 N–H and O–H groups in total. The maximum Gasteiger partial charge on any atom is 0.255 e. The Morgan fingerprint density at radius 2 is 1.79 bits per heavy atom. The summed E-state index contributed by atoms with van der Waals surface area (Å²) in [6, 6.07) is 10.1. The third-order valence-corrected chi connectivity index (χ3v) is 8.47. The topological polar surface area (TPSA) is 161 Å². The van der Waals surface area contributed by atoms with Gasteiger partial charge in [0.05, 0.1) is 11.6 Å². The van der Waals surface area contributed by atoms with Crippen molar-refractivity contribution in [2.45, 2.75) is 44.2 Å². The van der Waals surface area contributed by atoms with E-state index in [1.165, 1.54) is 11.0 Å². The van der Waals surface area contributed by atoms with Crippen LogP contribution in [0.5, 0.6) is 5.75 Å². The zero-order valence-corrected chi connectivity index (χ0v) is 22.2. The molecule has 0 bridgehead atoms. The number of rotatable bonds is 4. The van der Waals surface area contributed by atoms with Gasteiger partial charge in [-0.05, 0) is 67.1 Å². The minimum absolute atomic E-state index is 0.00299. The standard InChI is InChI=1S/C30H32N2O7/c1-13(2)14-6-5-7-15(10-14)17-8-9-20(33)22-18(17)11-16-12-19-24(32(3)4)26(35)23(29(31)38)28(37)30(19,39)27(36)21(16)25(22)34/h5-10,13,16,19,24,33,35-36,39H,11-12H2,1-4H3,(H2,31,38)/t16-,19-,24-,30-/m0/s1. The Bertz CT molecular complexity index is 1500. The number of nitrogens with zero attached hydrogens (tertiary/aromatic N) is 1. The first-order valence-electron chi connectivity index (χ1n) is 12.9. The highest BCUT2D eigenvalue weighted by atomic mass is 16.3. The maximum absolute atomic E-state index is 13.9. The molecule has 39 heavy (non-hydrogen) atoms. The molecule has 0 saturated heterocycles. The van der Waals surface area contributed by atoms with Crippen molar-refractivity contribution in [2.75, 3.05) is 14.1 Å². The molecule has 0 unspecified atom stereocenters. The Morgan fingerprint density at radius 1 is 1.10 bits per heavy atom. The molecule has 5 rings (SSSR count). The fourth-order valence-corrected chi connectivity index (χ4v) is 6.59. The molecule has 204 valence electrons. The second-order valence-corrected chi connectivity index (χ2v) is 11.2. The van der Waals surface area contributed by atoms with Gasteiger partial charge in [-0.25, -0.2) is 0 Å². The number of carbonyl (C=O) groups is 3. The van der Waals surface area contributed by atoms with Crippen LogP contribution in [0.1, 0.15) is 47.7 Å². The van der Waals surface area contributed by atoms with Gasteiger partial charge < -0.3 is 26.2 Å². The highest BCUT2D eigenvalue weighted by Crippen LogP contribution is 2.53. The summed E-state index contributed by atoms with van der Waals surface area (Å²) >= 11 is 0. The zero-order valence-electron chi connectivity index (χ0n) is 22.2. The average Bonchev–Trinajstić information content (AvgIpc) is 2.86. The molecular formula is C30H32N2O7. The Kier molecular flexibility index (Phi) is 6.19. The first-order valence-corrected chi connectivity index (χ1v) is 12.9. The SMILES string of the molecule is CC(C)c1cccc(-c2ccc(O)c3c2C[C@H]2C[C@H]4[C@H](N(C)C)C(O)=C(C(N)=O)C(=O)[C@@]4(O)C(O)=C2C3=O)c1. The molecule has 0 fully saturated rings. The van der Waals surface area contributed by atoms with Crippen molar-refractivity contribution < 1.29 is 34.8 Å². The van der Waals surface area contributed by atoms with Crippen LogP contribution in [0.3, 0.4) is 0 Å². The lowest BCUT2D eigenvalue weighted by Crippen LogP contribution is -2.63. The smallest absolute Gasteiger partial charge is 0.255 e. The van der Waals surface area contributed by atoms with Gasteiger partial charge in [-0.1, -0.05) is 44.2 Å². The summed E-state index contributed by atoms with van der Waals surface area (Å²) in [5, 5.41) is 44.8. The normalized spacial score (nSPS) is 26.6. The average molecular weight is 533 g/mol. The second kappa shape index (κ2) is 9.07. The maximum atomic E-state index is 13.9. The molecule has 2 aromatic rings. The van der Waals surface area contributed by atoms with Gasteiger partial charge in [0.1, 0.15) is 22.8 Å². The largest absolute Gasteiger partial charge is 0.510 e. The molecular weight excluding hydrogens is 500 g/mol. The van der Waals surface area contributed by atoms with Gasteiger partial charge >= 0.3 is 0 Å². The molecule has 1 amide bonds. The lowest BCUT2D eigenvalue weighted by Gasteiger charge is -2.50. The van der Waals surface area contributed by atoms with Crippen LogP contribution in [0, 0.1) is 11.8 Å². The van der Waals surface area contributed by atoms with Crippen molar-refractivity contribution in [3.63, 3.8) is 0 Å². The first-order chi connectivity index (χ1) is 18.3. The molecule has 0 saturated carbocycles. The van der Waals surface area contributed by atoms with E-state index < -0.39 is 58.0 Å². The van der Waals surface area contributed by atoms with Crippen molar-refractivity contribution in [1.29, 1.82) is 0 Å². The van der Waals surface area contributed by atoms with Crippen molar-refractivity contribution in [2.24, 2.45) is 17.6 Å². The van der Waals surface area contributed by atoms with Gasteiger partial charge in [-0.3, -0.25) is 19.3 Å². The van der Waals surface area contributed by atoms with E-state index in [-0.39, 0.29) is 35.6 Å². The van der Waals surface area contributed by atoms with Gasteiger partial charge in [0.2, 0.25) is 5.78 Å².